The van der Waals surface area contributed by atoms with Crippen LogP contribution in [-0.4, -0.2) is 25.3 Å². The zero-order valence-electron chi connectivity index (χ0n) is 14.7. The molecule has 0 aromatic heterocycles. The molecule has 7 nitrogen and oxygen atoms in total. The minimum atomic E-state index is -0.355. The van der Waals surface area contributed by atoms with Gasteiger partial charge in [-0.2, -0.15) is 0 Å². The third-order valence-electron chi connectivity index (χ3n) is 5.06. The van der Waals surface area contributed by atoms with Gasteiger partial charge in [-0.3, -0.25) is 4.79 Å². The van der Waals surface area contributed by atoms with E-state index in [0.29, 0.717) is 22.9 Å². The molecule has 3 amide bonds. The van der Waals surface area contributed by atoms with Crippen LogP contribution in [0.1, 0.15) is 18.4 Å². The summed E-state index contributed by atoms with van der Waals surface area (Å²) in [5.74, 6) is 1.66. The Morgan fingerprint density at radius 3 is 2.52 bits per heavy atom. The van der Waals surface area contributed by atoms with Gasteiger partial charge >= 0.3 is 6.03 Å². The first-order chi connectivity index (χ1) is 13.2. The minimum absolute atomic E-state index is 0.182. The summed E-state index contributed by atoms with van der Waals surface area (Å²) in [6.45, 7) is 0.910. The number of amides is 3. The van der Waals surface area contributed by atoms with Crippen LogP contribution in [0.5, 0.6) is 11.5 Å². The van der Waals surface area contributed by atoms with Gasteiger partial charge in [-0.05, 0) is 49.1 Å². The Balaban J connectivity index is 1.29. The first-order valence-electron chi connectivity index (χ1n) is 9.09. The number of fused-ring (bicyclic) bond motifs is 2. The highest BCUT2D eigenvalue weighted by atomic mass is 16.7. The molecule has 0 radical (unpaired) electrons. The van der Waals surface area contributed by atoms with E-state index in [4.69, 9.17) is 9.47 Å². The number of hydrogen-bond acceptors (Lipinski definition) is 4. The lowest BCUT2D eigenvalue weighted by atomic mass is 10.1. The molecule has 5 rings (SSSR count). The van der Waals surface area contributed by atoms with Crippen LogP contribution in [0.15, 0.2) is 36.4 Å². The third-order valence-corrected chi connectivity index (χ3v) is 5.06. The molecule has 0 bridgehead atoms. The number of nitrogens with zero attached hydrogens (tertiary/aromatic N) is 1. The van der Waals surface area contributed by atoms with Crippen LogP contribution in [-0.2, 0) is 11.2 Å². The summed E-state index contributed by atoms with van der Waals surface area (Å²) in [5.41, 5.74) is 3.32. The molecule has 0 saturated heterocycles. The topological polar surface area (TPSA) is 79.9 Å². The van der Waals surface area contributed by atoms with E-state index < -0.39 is 0 Å². The van der Waals surface area contributed by atoms with E-state index in [1.165, 1.54) is 0 Å². The van der Waals surface area contributed by atoms with Gasteiger partial charge < -0.3 is 25.0 Å². The molecule has 138 valence electrons. The van der Waals surface area contributed by atoms with Crippen molar-refractivity contribution in [3.8, 4) is 11.5 Å². The summed E-state index contributed by atoms with van der Waals surface area (Å²) in [4.78, 5) is 26.6. The monoisotopic (exact) mass is 365 g/mol. The van der Waals surface area contributed by atoms with Crippen molar-refractivity contribution in [2.45, 2.75) is 19.3 Å². The predicted molar refractivity (Wildman–Crippen MR) is 100 cm³/mol. The average molecular weight is 365 g/mol. The number of carbonyl (C=O) groups excluding carboxylic acids is 2. The van der Waals surface area contributed by atoms with Crippen molar-refractivity contribution in [1.29, 1.82) is 0 Å². The number of hydrogen-bond donors (Lipinski definition) is 2. The first kappa shape index (κ1) is 16.0. The van der Waals surface area contributed by atoms with Crippen LogP contribution >= 0.6 is 0 Å². The van der Waals surface area contributed by atoms with Gasteiger partial charge in [0.15, 0.2) is 11.5 Å². The van der Waals surface area contributed by atoms with Gasteiger partial charge in [0.25, 0.3) is 0 Å². The Kier molecular flexibility index (Phi) is 3.67. The molecule has 1 saturated carbocycles. The van der Waals surface area contributed by atoms with Crippen molar-refractivity contribution in [1.82, 2.24) is 0 Å². The fourth-order valence-corrected chi connectivity index (χ4v) is 3.50. The molecule has 2 aromatic carbocycles. The SMILES string of the molecule is O=C(Nc1ccc2c(c1)OCO2)Nc1ccc2c(c1)N(C(=O)C1CC1)CC2. The second-order valence-electron chi connectivity index (χ2n) is 7.00. The highest BCUT2D eigenvalue weighted by Crippen LogP contribution is 2.38. The number of ether oxygens (including phenoxy) is 2. The molecular weight excluding hydrogens is 346 g/mol. The van der Waals surface area contributed by atoms with Gasteiger partial charge in [-0.1, -0.05) is 6.07 Å². The summed E-state index contributed by atoms with van der Waals surface area (Å²) in [6, 6.07) is 10.6. The van der Waals surface area contributed by atoms with E-state index in [0.717, 1.165) is 37.1 Å². The number of benzene rings is 2. The second-order valence-corrected chi connectivity index (χ2v) is 7.00. The molecular formula is C20H19N3O4. The molecule has 1 aliphatic carbocycles. The summed E-state index contributed by atoms with van der Waals surface area (Å²) < 4.78 is 10.6. The number of nitrogens with one attached hydrogen (secondary N) is 2. The van der Waals surface area contributed by atoms with Crippen molar-refractivity contribution < 1.29 is 19.1 Å². The molecule has 2 N–H and O–H groups in total. The highest BCUT2D eigenvalue weighted by molar-refractivity contribution is 6.02. The maximum atomic E-state index is 12.4. The summed E-state index contributed by atoms with van der Waals surface area (Å²) in [7, 11) is 0. The molecule has 0 unspecified atom stereocenters. The van der Waals surface area contributed by atoms with E-state index >= 15 is 0 Å². The molecule has 3 aliphatic rings. The molecule has 7 heteroatoms. The third kappa shape index (κ3) is 3.05. The fourth-order valence-electron chi connectivity index (χ4n) is 3.50. The van der Waals surface area contributed by atoms with E-state index in [-0.39, 0.29) is 24.6 Å². The molecule has 27 heavy (non-hydrogen) atoms. The summed E-state index contributed by atoms with van der Waals surface area (Å²) in [6.07, 6.45) is 2.83. The van der Waals surface area contributed by atoms with Crippen molar-refractivity contribution in [3.63, 3.8) is 0 Å². The van der Waals surface area contributed by atoms with Gasteiger partial charge in [0, 0.05) is 35.6 Å². The summed E-state index contributed by atoms with van der Waals surface area (Å²) in [5, 5.41) is 5.62. The molecule has 2 aliphatic heterocycles. The van der Waals surface area contributed by atoms with Crippen LogP contribution in [0.2, 0.25) is 0 Å². The second kappa shape index (κ2) is 6.19. The molecule has 1 fully saturated rings. The zero-order chi connectivity index (χ0) is 18.4. The number of anilines is 3. The van der Waals surface area contributed by atoms with E-state index in [2.05, 4.69) is 10.6 Å². The lowest BCUT2D eigenvalue weighted by molar-refractivity contribution is -0.119. The van der Waals surface area contributed by atoms with Gasteiger partial charge in [0.2, 0.25) is 12.7 Å². The lowest BCUT2D eigenvalue weighted by Gasteiger charge is -2.18. The van der Waals surface area contributed by atoms with Crippen molar-refractivity contribution in [3.05, 3.63) is 42.0 Å². The van der Waals surface area contributed by atoms with Crippen LogP contribution < -0.4 is 25.0 Å². The normalized spacial score (nSPS) is 16.8. The quantitative estimate of drug-likeness (QED) is 0.874. The van der Waals surface area contributed by atoms with Crippen molar-refractivity contribution in [2.75, 3.05) is 28.9 Å². The Hall–Kier alpha value is -3.22. The van der Waals surface area contributed by atoms with E-state index in [1.54, 1.807) is 18.2 Å². The van der Waals surface area contributed by atoms with Gasteiger partial charge in [-0.25, -0.2) is 4.79 Å². The molecule has 0 spiro atoms. The number of urea groups is 1. The number of carbonyl (C=O) groups is 2. The predicted octanol–water partition coefficient (Wildman–Crippen LogP) is 3.36. The van der Waals surface area contributed by atoms with Gasteiger partial charge in [0.05, 0.1) is 0 Å². The standard InChI is InChI=1S/C20H19N3O4/c24-19(13-1-2-13)23-8-7-12-3-4-14(9-16(12)23)21-20(25)22-15-5-6-17-18(10-15)27-11-26-17/h3-6,9-10,13H,1-2,7-8,11H2,(H2,21,22,25). The van der Waals surface area contributed by atoms with Crippen LogP contribution in [0.25, 0.3) is 0 Å². The number of rotatable bonds is 3. The fraction of sp³-hybridized carbons (Fsp3) is 0.300. The average Bonchev–Trinajstić information content (AvgIpc) is 3.26. The van der Waals surface area contributed by atoms with Crippen LogP contribution in [0.3, 0.4) is 0 Å². The van der Waals surface area contributed by atoms with Crippen molar-refractivity contribution in [2.24, 2.45) is 5.92 Å². The Bertz CT molecular complexity index is 939. The Morgan fingerprint density at radius 2 is 1.70 bits per heavy atom. The zero-order valence-corrected chi connectivity index (χ0v) is 14.7. The Labute approximate surface area is 156 Å². The summed E-state index contributed by atoms with van der Waals surface area (Å²) >= 11 is 0. The Morgan fingerprint density at radius 1 is 0.963 bits per heavy atom. The smallest absolute Gasteiger partial charge is 0.323 e. The van der Waals surface area contributed by atoms with Gasteiger partial charge in [0.1, 0.15) is 0 Å². The minimum Gasteiger partial charge on any atom is -0.454 e. The van der Waals surface area contributed by atoms with Crippen LogP contribution in [0, 0.1) is 5.92 Å². The highest BCUT2D eigenvalue weighted by Gasteiger charge is 2.36. The molecule has 0 atom stereocenters. The van der Waals surface area contributed by atoms with E-state index in [1.807, 2.05) is 23.1 Å². The van der Waals surface area contributed by atoms with Crippen LogP contribution in [0.4, 0.5) is 21.9 Å². The lowest BCUT2D eigenvalue weighted by Crippen LogP contribution is -2.30. The maximum Gasteiger partial charge on any atom is 0.323 e. The van der Waals surface area contributed by atoms with E-state index in [9.17, 15) is 9.59 Å². The largest absolute Gasteiger partial charge is 0.454 e. The molecule has 2 heterocycles. The first-order valence-corrected chi connectivity index (χ1v) is 9.09. The maximum absolute atomic E-state index is 12.4. The van der Waals surface area contributed by atoms with Crippen molar-refractivity contribution >= 4 is 29.0 Å². The molecule has 2 aromatic rings. The van der Waals surface area contributed by atoms with Gasteiger partial charge in [-0.15, -0.1) is 0 Å².